The van der Waals surface area contributed by atoms with Gasteiger partial charge in [0.15, 0.2) is 0 Å². The minimum absolute atomic E-state index is 0.227. The molecule has 1 atom stereocenters. The third-order valence-corrected chi connectivity index (χ3v) is 7.15. The number of halogens is 3. The van der Waals surface area contributed by atoms with E-state index in [1.54, 1.807) is 0 Å². The summed E-state index contributed by atoms with van der Waals surface area (Å²) in [6, 6.07) is 7.01. The van der Waals surface area contributed by atoms with Crippen LogP contribution in [0.15, 0.2) is 63.2 Å². The first-order valence-electron chi connectivity index (χ1n) is 8.00. The number of sulfone groups is 1. The molecule has 29 heavy (non-hydrogen) atoms. The summed E-state index contributed by atoms with van der Waals surface area (Å²) in [6.45, 7) is 1.16. The Morgan fingerprint density at radius 2 is 1.62 bits per heavy atom. The van der Waals surface area contributed by atoms with Gasteiger partial charge in [0.25, 0.3) is 0 Å². The molecule has 2 rings (SSSR count). The molecule has 0 fully saturated rings. The number of sulfonamides is 1. The van der Waals surface area contributed by atoms with E-state index in [4.69, 9.17) is 5.11 Å². The lowest BCUT2D eigenvalue weighted by atomic mass is 10.2. The minimum atomic E-state index is -5.09. The van der Waals surface area contributed by atoms with Crippen molar-refractivity contribution in [3.8, 4) is 0 Å². The van der Waals surface area contributed by atoms with Crippen molar-refractivity contribution in [2.75, 3.05) is 0 Å². The summed E-state index contributed by atoms with van der Waals surface area (Å²) in [4.78, 5) is 8.52. The third kappa shape index (κ3) is 5.34. The Morgan fingerprint density at radius 1 is 1.03 bits per heavy atom. The van der Waals surface area contributed by atoms with Gasteiger partial charge in [-0.15, -0.1) is 0 Å². The quantitative estimate of drug-likeness (QED) is 0.668. The molecule has 2 aromatic carbocycles. The molecule has 0 aliphatic carbocycles. The summed E-state index contributed by atoms with van der Waals surface area (Å²) in [5, 5.41) is 8.72. The third-order valence-electron chi connectivity index (χ3n) is 3.75. The van der Waals surface area contributed by atoms with Gasteiger partial charge in [0.05, 0.1) is 26.7 Å². The molecule has 0 aliphatic rings. The van der Waals surface area contributed by atoms with E-state index in [0.717, 1.165) is 6.92 Å². The summed E-state index contributed by atoms with van der Waals surface area (Å²) in [5.41, 5.74) is -1.57. The van der Waals surface area contributed by atoms with E-state index in [1.807, 2.05) is 4.72 Å². The topological polar surface area (TPSA) is 118 Å². The average molecular weight is 451 g/mol. The van der Waals surface area contributed by atoms with Crippen LogP contribution >= 0.6 is 0 Å². The maximum atomic E-state index is 13.3. The van der Waals surface area contributed by atoms with Crippen LogP contribution in [0.3, 0.4) is 0 Å². The number of benzene rings is 2. The van der Waals surface area contributed by atoms with Crippen LogP contribution in [0.4, 0.5) is 13.2 Å². The second-order valence-electron chi connectivity index (χ2n) is 6.09. The first kappa shape index (κ1) is 22.8. The first-order chi connectivity index (χ1) is 13.2. The summed E-state index contributed by atoms with van der Waals surface area (Å²) >= 11 is 0. The molecule has 0 heterocycles. The van der Waals surface area contributed by atoms with E-state index in [9.17, 15) is 34.8 Å². The zero-order valence-electron chi connectivity index (χ0n) is 14.8. The Balaban J connectivity index is 2.63. The molecule has 0 aliphatic heterocycles. The average Bonchev–Trinajstić information content (AvgIpc) is 2.60. The highest BCUT2D eigenvalue weighted by Crippen LogP contribution is 2.36. The van der Waals surface area contributed by atoms with Crippen LogP contribution < -0.4 is 4.72 Å². The summed E-state index contributed by atoms with van der Waals surface area (Å²) in [5.74, 6) is -1.36. The molecule has 0 amide bonds. The molecule has 0 saturated carbocycles. The monoisotopic (exact) mass is 451 g/mol. The molecule has 0 aromatic heterocycles. The van der Waals surface area contributed by atoms with E-state index >= 15 is 0 Å². The normalized spacial score (nSPS) is 13.8. The van der Waals surface area contributed by atoms with Gasteiger partial charge in [-0.2, -0.15) is 13.2 Å². The Kier molecular flexibility index (Phi) is 6.40. The van der Waals surface area contributed by atoms with Gasteiger partial charge in [0, 0.05) is 6.04 Å². The SMILES string of the molecule is CC(CC(=O)O)NS(=O)(=O)c1cc(S(=O)(=O)c2ccccc2)ccc1C(F)(F)F. The van der Waals surface area contributed by atoms with Crippen molar-refractivity contribution in [2.45, 2.75) is 40.2 Å². The van der Waals surface area contributed by atoms with Crippen LogP contribution in [0.5, 0.6) is 0 Å². The van der Waals surface area contributed by atoms with Crippen molar-refractivity contribution in [3.63, 3.8) is 0 Å². The number of nitrogens with one attached hydrogen (secondary N) is 1. The van der Waals surface area contributed by atoms with Gasteiger partial charge in [-0.05, 0) is 37.3 Å². The smallest absolute Gasteiger partial charge is 0.417 e. The second kappa shape index (κ2) is 8.13. The maximum absolute atomic E-state index is 13.3. The molecule has 2 aromatic rings. The van der Waals surface area contributed by atoms with Crippen molar-refractivity contribution in [2.24, 2.45) is 0 Å². The number of carbonyl (C=O) groups is 1. The zero-order valence-corrected chi connectivity index (χ0v) is 16.5. The Labute approximate surface area is 165 Å². The zero-order chi connectivity index (χ0) is 22.0. The molecule has 0 saturated heterocycles. The van der Waals surface area contributed by atoms with E-state index < -0.39 is 59.8 Å². The fourth-order valence-electron chi connectivity index (χ4n) is 2.49. The summed E-state index contributed by atoms with van der Waals surface area (Å²) in [6.07, 6.45) is -5.77. The van der Waals surface area contributed by atoms with Crippen LogP contribution in [0.25, 0.3) is 0 Å². The van der Waals surface area contributed by atoms with E-state index in [1.165, 1.54) is 30.3 Å². The molecule has 0 bridgehead atoms. The molecule has 0 radical (unpaired) electrons. The standard InChI is InChI=1S/C17H16F3NO6S2/c1-11(9-16(22)23)21-29(26,27)15-10-13(7-8-14(15)17(18,19)20)28(24,25)12-5-3-2-4-6-12/h2-8,10-11,21H,9H2,1H3,(H,22,23). The second-order valence-corrected chi connectivity index (χ2v) is 9.72. The molecule has 7 nitrogen and oxygen atoms in total. The fraction of sp³-hybridized carbons (Fsp3) is 0.235. The Morgan fingerprint density at radius 3 is 2.14 bits per heavy atom. The van der Waals surface area contributed by atoms with E-state index in [-0.39, 0.29) is 4.90 Å². The lowest BCUT2D eigenvalue weighted by Crippen LogP contribution is -2.35. The van der Waals surface area contributed by atoms with Crippen LogP contribution in [-0.4, -0.2) is 34.0 Å². The van der Waals surface area contributed by atoms with Crippen LogP contribution in [0, 0.1) is 0 Å². The number of hydrogen-bond acceptors (Lipinski definition) is 5. The molecule has 12 heteroatoms. The number of alkyl halides is 3. The van der Waals surface area contributed by atoms with Crippen molar-refractivity contribution in [3.05, 3.63) is 54.1 Å². The van der Waals surface area contributed by atoms with Gasteiger partial charge in [-0.25, -0.2) is 21.6 Å². The highest BCUT2D eigenvalue weighted by molar-refractivity contribution is 7.91. The van der Waals surface area contributed by atoms with Crippen molar-refractivity contribution in [1.82, 2.24) is 4.72 Å². The van der Waals surface area contributed by atoms with E-state index in [0.29, 0.717) is 18.2 Å². The lowest BCUT2D eigenvalue weighted by Gasteiger charge is -2.17. The predicted octanol–water partition coefficient (Wildman–Crippen LogP) is 2.68. The molecule has 1 unspecified atom stereocenters. The van der Waals surface area contributed by atoms with Gasteiger partial charge in [-0.1, -0.05) is 18.2 Å². The van der Waals surface area contributed by atoms with Crippen LogP contribution in [0.1, 0.15) is 18.9 Å². The largest absolute Gasteiger partial charge is 0.481 e. The molecular formula is C17H16F3NO6S2. The van der Waals surface area contributed by atoms with Gasteiger partial charge in [0.1, 0.15) is 0 Å². The highest BCUT2D eigenvalue weighted by atomic mass is 32.2. The van der Waals surface area contributed by atoms with Crippen LogP contribution in [-0.2, 0) is 30.8 Å². The summed E-state index contributed by atoms with van der Waals surface area (Å²) in [7, 11) is -9.17. The van der Waals surface area contributed by atoms with Gasteiger partial charge in [0.2, 0.25) is 19.9 Å². The highest BCUT2D eigenvalue weighted by Gasteiger charge is 2.38. The Hall–Kier alpha value is -2.44. The number of hydrogen-bond donors (Lipinski definition) is 2. The summed E-state index contributed by atoms with van der Waals surface area (Å²) < 4.78 is 92.2. The first-order valence-corrected chi connectivity index (χ1v) is 11.0. The van der Waals surface area contributed by atoms with Gasteiger partial charge < -0.3 is 5.11 Å². The van der Waals surface area contributed by atoms with Gasteiger partial charge in [-0.3, -0.25) is 4.79 Å². The molecule has 0 spiro atoms. The van der Waals surface area contributed by atoms with Crippen molar-refractivity contribution in [1.29, 1.82) is 0 Å². The number of carboxylic acid groups (broad SMARTS) is 1. The predicted molar refractivity (Wildman–Crippen MR) is 95.4 cm³/mol. The molecular weight excluding hydrogens is 435 g/mol. The Bertz CT molecular complexity index is 1110. The lowest BCUT2D eigenvalue weighted by molar-refractivity contribution is -0.140. The molecule has 2 N–H and O–H groups in total. The number of aliphatic carboxylic acids is 1. The maximum Gasteiger partial charge on any atom is 0.417 e. The number of carboxylic acids is 1. The minimum Gasteiger partial charge on any atom is -0.481 e. The number of rotatable bonds is 7. The van der Waals surface area contributed by atoms with Crippen molar-refractivity contribution >= 4 is 25.8 Å². The van der Waals surface area contributed by atoms with Crippen LogP contribution in [0.2, 0.25) is 0 Å². The van der Waals surface area contributed by atoms with Crippen molar-refractivity contribution < 1.29 is 39.9 Å². The molecule has 158 valence electrons. The van der Waals surface area contributed by atoms with E-state index in [2.05, 4.69) is 0 Å². The fourth-order valence-corrected chi connectivity index (χ4v) is 5.37. The van der Waals surface area contributed by atoms with Gasteiger partial charge >= 0.3 is 12.1 Å².